The molecule has 0 spiro atoms. The van der Waals surface area contributed by atoms with Gasteiger partial charge in [0.15, 0.2) is 11.5 Å². The quantitative estimate of drug-likeness (QED) is 0.817. The van der Waals surface area contributed by atoms with Crippen molar-refractivity contribution in [3.63, 3.8) is 0 Å². The van der Waals surface area contributed by atoms with Crippen molar-refractivity contribution in [2.75, 3.05) is 40.0 Å². The lowest BCUT2D eigenvalue weighted by Gasteiger charge is -2.36. The first-order valence-corrected chi connectivity index (χ1v) is 8.52. The van der Waals surface area contributed by atoms with E-state index in [4.69, 9.17) is 9.47 Å². The summed E-state index contributed by atoms with van der Waals surface area (Å²) in [5.41, 5.74) is -0.188. The van der Waals surface area contributed by atoms with E-state index in [1.807, 2.05) is 25.2 Å². The van der Waals surface area contributed by atoms with Gasteiger partial charge in [0, 0.05) is 32.7 Å². The van der Waals surface area contributed by atoms with Crippen LogP contribution in [0.4, 0.5) is 0 Å². The molecule has 25 heavy (non-hydrogen) atoms. The molecule has 2 amide bonds. The van der Waals surface area contributed by atoms with Gasteiger partial charge >= 0.3 is 0 Å². The molecule has 0 atom stereocenters. The van der Waals surface area contributed by atoms with E-state index in [0.717, 1.165) is 18.7 Å². The van der Waals surface area contributed by atoms with Gasteiger partial charge in [-0.25, -0.2) is 0 Å². The topological polar surface area (TPSA) is 71.1 Å². The fourth-order valence-electron chi connectivity index (χ4n) is 2.96. The lowest BCUT2D eigenvalue weighted by Crippen LogP contribution is -2.54. The van der Waals surface area contributed by atoms with Crippen LogP contribution in [0.3, 0.4) is 0 Å². The minimum absolute atomic E-state index is 0.121. The fourth-order valence-corrected chi connectivity index (χ4v) is 2.96. The van der Waals surface area contributed by atoms with Gasteiger partial charge in [-0.2, -0.15) is 0 Å². The Kier molecular flexibility index (Phi) is 4.85. The molecule has 1 saturated heterocycles. The maximum atomic E-state index is 12.7. The SMILES string of the molecule is CN1CCN(C(=O)C(C)(C)C(=O)NCc2ccc3c(c2)OCO3)CC1. The summed E-state index contributed by atoms with van der Waals surface area (Å²) in [6.07, 6.45) is 0. The molecule has 2 aliphatic heterocycles. The molecule has 0 bridgehead atoms. The first-order chi connectivity index (χ1) is 11.9. The number of hydrogen-bond acceptors (Lipinski definition) is 5. The second kappa shape index (κ2) is 6.92. The van der Waals surface area contributed by atoms with E-state index in [9.17, 15) is 9.59 Å². The van der Waals surface area contributed by atoms with Gasteiger partial charge in [0.25, 0.3) is 0 Å². The molecule has 0 saturated carbocycles. The summed E-state index contributed by atoms with van der Waals surface area (Å²) in [7, 11) is 2.03. The second-order valence-corrected chi connectivity index (χ2v) is 7.09. The molecule has 1 fully saturated rings. The number of fused-ring (bicyclic) bond motifs is 1. The molecule has 0 aromatic heterocycles. The highest BCUT2D eigenvalue weighted by Crippen LogP contribution is 2.32. The molecule has 7 nitrogen and oxygen atoms in total. The first-order valence-electron chi connectivity index (χ1n) is 8.52. The molecule has 0 unspecified atom stereocenters. The molecular weight excluding hydrogens is 322 g/mol. The second-order valence-electron chi connectivity index (χ2n) is 7.09. The number of hydrogen-bond donors (Lipinski definition) is 1. The van der Waals surface area contributed by atoms with Crippen molar-refractivity contribution < 1.29 is 19.1 Å². The van der Waals surface area contributed by atoms with Crippen LogP contribution in [-0.2, 0) is 16.1 Å². The van der Waals surface area contributed by atoms with E-state index in [0.29, 0.717) is 31.1 Å². The highest BCUT2D eigenvalue weighted by Gasteiger charge is 2.39. The minimum Gasteiger partial charge on any atom is -0.454 e. The van der Waals surface area contributed by atoms with Crippen molar-refractivity contribution in [3.8, 4) is 11.5 Å². The molecule has 1 aromatic rings. The molecule has 1 N–H and O–H groups in total. The summed E-state index contributed by atoms with van der Waals surface area (Å²) < 4.78 is 10.6. The van der Waals surface area contributed by atoms with Crippen LogP contribution in [0.1, 0.15) is 19.4 Å². The number of piperazine rings is 1. The van der Waals surface area contributed by atoms with Crippen LogP contribution < -0.4 is 14.8 Å². The number of nitrogens with zero attached hydrogens (tertiary/aromatic N) is 2. The third kappa shape index (κ3) is 3.71. The zero-order valence-corrected chi connectivity index (χ0v) is 15.0. The molecule has 3 rings (SSSR count). The number of rotatable bonds is 4. The van der Waals surface area contributed by atoms with Crippen molar-refractivity contribution in [1.29, 1.82) is 0 Å². The number of amides is 2. The van der Waals surface area contributed by atoms with Crippen molar-refractivity contribution >= 4 is 11.8 Å². The van der Waals surface area contributed by atoms with E-state index in [1.54, 1.807) is 18.7 Å². The Balaban J connectivity index is 1.58. The number of carbonyl (C=O) groups is 2. The van der Waals surface area contributed by atoms with Crippen LogP contribution in [0.5, 0.6) is 11.5 Å². The largest absolute Gasteiger partial charge is 0.454 e. The van der Waals surface area contributed by atoms with Gasteiger partial charge in [-0.1, -0.05) is 6.07 Å². The standard InChI is InChI=1S/C18H25N3O4/c1-18(2,17(23)21-8-6-20(3)7-9-21)16(22)19-11-13-4-5-14-15(10-13)25-12-24-14/h4-5,10H,6-9,11-12H2,1-3H3,(H,19,22). The van der Waals surface area contributed by atoms with Crippen molar-refractivity contribution in [2.45, 2.75) is 20.4 Å². The first kappa shape index (κ1) is 17.5. The molecule has 0 aliphatic carbocycles. The fraction of sp³-hybridized carbons (Fsp3) is 0.556. The van der Waals surface area contributed by atoms with E-state index >= 15 is 0 Å². The van der Waals surface area contributed by atoms with Crippen LogP contribution in [0, 0.1) is 5.41 Å². The zero-order valence-electron chi connectivity index (χ0n) is 15.0. The molecule has 0 radical (unpaired) electrons. The van der Waals surface area contributed by atoms with Crippen LogP contribution >= 0.6 is 0 Å². The number of benzene rings is 1. The predicted molar refractivity (Wildman–Crippen MR) is 92.3 cm³/mol. The molecule has 2 aliphatic rings. The molecule has 2 heterocycles. The summed E-state index contributed by atoms with van der Waals surface area (Å²) in [5, 5.41) is 2.87. The monoisotopic (exact) mass is 347 g/mol. The van der Waals surface area contributed by atoms with Gasteiger partial charge in [-0.3, -0.25) is 9.59 Å². The summed E-state index contributed by atoms with van der Waals surface area (Å²) in [5.74, 6) is 0.998. The van der Waals surface area contributed by atoms with Gasteiger partial charge in [-0.15, -0.1) is 0 Å². The average Bonchev–Trinajstić information content (AvgIpc) is 3.07. The Labute approximate surface area is 147 Å². The van der Waals surface area contributed by atoms with Crippen molar-refractivity contribution in [2.24, 2.45) is 5.41 Å². The Morgan fingerprint density at radius 3 is 2.52 bits per heavy atom. The normalized spacial score (nSPS) is 17.5. The third-order valence-electron chi connectivity index (χ3n) is 4.78. The Bertz CT molecular complexity index is 666. The maximum absolute atomic E-state index is 12.7. The Hall–Kier alpha value is -2.28. The third-order valence-corrected chi connectivity index (χ3v) is 4.78. The number of likely N-dealkylation sites (N-methyl/N-ethyl adjacent to an activating group) is 1. The summed E-state index contributed by atoms with van der Waals surface area (Å²) >= 11 is 0. The van der Waals surface area contributed by atoms with E-state index < -0.39 is 5.41 Å². The van der Waals surface area contributed by atoms with Crippen molar-refractivity contribution in [3.05, 3.63) is 23.8 Å². The lowest BCUT2D eigenvalue weighted by molar-refractivity contribution is -0.149. The average molecular weight is 347 g/mol. The molecule has 1 aromatic carbocycles. The molecule has 136 valence electrons. The van der Waals surface area contributed by atoms with Gasteiger partial charge in [0.05, 0.1) is 0 Å². The number of carbonyl (C=O) groups excluding carboxylic acids is 2. The number of ether oxygens (including phenoxy) is 2. The van der Waals surface area contributed by atoms with Gasteiger partial charge in [0.1, 0.15) is 5.41 Å². The highest BCUT2D eigenvalue weighted by molar-refractivity contribution is 6.04. The van der Waals surface area contributed by atoms with Crippen LogP contribution in [0.2, 0.25) is 0 Å². The van der Waals surface area contributed by atoms with E-state index in [2.05, 4.69) is 10.2 Å². The van der Waals surface area contributed by atoms with Gasteiger partial charge in [-0.05, 0) is 38.6 Å². The van der Waals surface area contributed by atoms with E-state index in [-0.39, 0.29) is 18.6 Å². The zero-order chi connectivity index (χ0) is 18.0. The molecule has 7 heteroatoms. The summed E-state index contributed by atoms with van der Waals surface area (Å²) in [6, 6.07) is 5.55. The molecular formula is C18H25N3O4. The Morgan fingerprint density at radius 2 is 1.80 bits per heavy atom. The predicted octanol–water partition coefficient (Wildman–Crippen LogP) is 0.832. The smallest absolute Gasteiger partial charge is 0.237 e. The number of nitrogens with one attached hydrogen (secondary N) is 1. The summed E-state index contributed by atoms with van der Waals surface area (Å²) in [6.45, 7) is 6.92. The van der Waals surface area contributed by atoms with Crippen molar-refractivity contribution in [1.82, 2.24) is 15.1 Å². The highest BCUT2D eigenvalue weighted by atomic mass is 16.7. The van der Waals surface area contributed by atoms with Gasteiger partial charge < -0.3 is 24.6 Å². The summed E-state index contributed by atoms with van der Waals surface area (Å²) in [4.78, 5) is 29.3. The van der Waals surface area contributed by atoms with E-state index in [1.165, 1.54) is 0 Å². The van der Waals surface area contributed by atoms with Gasteiger partial charge in [0.2, 0.25) is 18.6 Å². The minimum atomic E-state index is -1.09. The lowest BCUT2D eigenvalue weighted by atomic mass is 9.90. The maximum Gasteiger partial charge on any atom is 0.237 e. The van der Waals surface area contributed by atoms with Crippen LogP contribution in [0.15, 0.2) is 18.2 Å². The van der Waals surface area contributed by atoms with Crippen LogP contribution in [-0.4, -0.2) is 61.6 Å². The Morgan fingerprint density at radius 1 is 1.12 bits per heavy atom. The van der Waals surface area contributed by atoms with Crippen LogP contribution in [0.25, 0.3) is 0 Å².